The van der Waals surface area contributed by atoms with E-state index in [0.29, 0.717) is 61.7 Å². The third-order valence-electron chi connectivity index (χ3n) is 9.60. The van der Waals surface area contributed by atoms with Gasteiger partial charge in [-0.1, -0.05) is 54.6 Å². The number of rotatable bonds is 6. The molecule has 0 unspecified atom stereocenters. The van der Waals surface area contributed by atoms with Gasteiger partial charge in [-0.05, 0) is 91.0 Å². The summed E-state index contributed by atoms with van der Waals surface area (Å²) in [6.45, 7) is 0. The Morgan fingerprint density at radius 3 is 1.09 bits per heavy atom. The van der Waals surface area contributed by atoms with Gasteiger partial charge in [0.15, 0.2) is 0 Å². The number of benzene rings is 7. The van der Waals surface area contributed by atoms with Crippen molar-refractivity contribution in [3.63, 3.8) is 0 Å². The van der Waals surface area contributed by atoms with Gasteiger partial charge in [0.2, 0.25) is 0 Å². The molecule has 54 heavy (non-hydrogen) atoms. The SMILES string of the molecule is Fc1ccc2c(c1)nc(-c1cc(-c3nc4ccc(F)cc4n3-c3ccccc3)cc(-c3nc4ccc(F)cc4n3-c3ccccc3)c1)n2-c1ccccc1. The van der Waals surface area contributed by atoms with E-state index in [-0.39, 0.29) is 11.6 Å². The largest absolute Gasteiger partial charge is 0.292 e. The zero-order valence-electron chi connectivity index (χ0n) is 28.4. The zero-order chi connectivity index (χ0) is 36.3. The van der Waals surface area contributed by atoms with Crippen LogP contribution in [0.1, 0.15) is 0 Å². The molecule has 0 atom stereocenters. The van der Waals surface area contributed by atoms with Crippen LogP contribution in [-0.2, 0) is 0 Å². The van der Waals surface area contributed by atoms with Crippen LogP contribution in [0.2, 0.25) is 0 Å². The van der Waals surface area contributed by atoms with Gasteiger partial charge < -0.3 is 0 Å². The molecule has 0 aliphatic rings. The molecule has 0 bridgehead atoms. The summed E-state index contributed by atoms with van der Waals surface area (Å²) in [6, 6.07) is 48.8. The molecule has 3 heterocycles. The molecule has 7 aromatic carbocycles. The molecule has 0 aliphatic heterocycles. The van der Waals surface area contributed by atoms with Gasteiger partial charge in [-0.2, -0.15) is 0 Å². The molecule has 0 aliphatic carbocycles. The van der Waals surface area contributed by atoms with Crippen molar-refractivity contribution in [2.45, 2.75) is 0 Å². The van der Waals surface area contributed by atoms with E-state index in [9.17, 15) is 13.2 Å². The summed E-state index contributed by atoms with van der Waals surface area (Å²) in [7, 11) is 0. The third kappa shape index (κ3) is 5.25. The highest BCUT2D eigenvalue weighted by atomic mass is 19.1. The van der Waals surface area contributed by atoms with E-state index in [4.69, 9.17) is 15.0 Å². The van der Waals surface area contributed by atoms with Crippen LogP contribution in [0, 0.1) is 17.5 Å². The van der Waals surface area contributed by atoms with E-state index in [1.807, 2.05) is 123 Å². The van der Waals surface area contributed by atoms with Crippen LogP contribution in [0.4, 0.5) is 13.2 Å². The van der Waals surface area contributed by atoms with Gasteiger partial charge >= 0.3 is 0 Å². The number of fused-ring (bicyclic) bond motifs is 3. The standard InChI is InChI=1S/C45H27F3N6/c46-31-18-21-40-39(25-31)51-45(52(40)34-10-4-1-5-11-34)30-23-28(43-49-37-19-16-32(47)26-41(37)53(43)35-12-6-2-7-13-35)22-29(24-30)44-50-38-20-17-33(48)27-42(38)54(44)36-14-8-3-9-15-36/h1-27H. The molecule has 0 amide bonds. The highest BCUT2D eigenvalue weighted by Gasteiger charge is 2.23. The Kier molecular flexibility index (Phi) is 7.26. The summed E-state index contributed by atoms with van der Waals surface area (Å²) in [5, 5.41) is 0. The zero-order valence-corrected chi connectivity index (χ0v) is 28.4. The van der Waals surface area contributed by atoms with Crippen molar-refractivity contribution in [1.29, 1.82) is 0 Å². The number of imidazole rings is 3. The molecule has 6 nitrogen and oxygen atoms in total. The fourth-order valence-corrected chi connectivity index (χ4v) is 7.26. The number of aromatic nitrogens is 6. The summed E-state index contributed by atoms with van der Waals surface area (Å²) >= 11 is 0. The molecule has 0 fully saturated rings. The number of para-hydroxylation sites is 3. The monoisotopic (exact) mass is 708 g/mol. The molecule has 258 valence electrons. The average Bonchev–Trinajstić information content (AvgIpc) is 3.90. The molecular weight excluding hydrogens is 682 g/mol. The van der Waals surface area contributed by atoms with Crippen molar-refractivity contribution >= 4 is 33.1 Å². The van der Waals surface area contributed by atoms with E-state index in [1.54, 1.807) is 18.2 Å². The van der Waals surface area contributed by atoms with Gasteiger partial charge in [0, 0.05) is 52.0 Å². The van der Waals surface area contributed by atoms with Gasteiger partial charge in [-0.3, -0.25) is 13.7 Å². The van der Waals surface area contributed by atoms with Crippen molar-refractivity contribution in [2.75, 3.05) is 0 Å². The maximum Gasteiger partial charge on any atom is 0.145 e. The van der Waals surface area contributed by atoms with Crippen LogP contribution in [0.15, 0.2) is 164 Å². The first-order chi connectivity index (χ1) is 26.5. The highest BCUT2D eigenvalue weighted by molar-refractivity contribution is 5.90. The van der Waals surface area contributed by atoms with Gasteiger partial charge in [-0.15, -0.1) is 0 Å². The van der Waals surface area contributed by atoms with Crippen LogP contribution >= 0.6 is 0 Å². The lowest BCUT2D eigenvalue weighted by atomic mass is 10.0. The topological polar surface area (TPSA) is 53.5 Å². The minimum atomic E-state index is -0.395. The van der Waals surface area contributed by atoms with Gasteiger partial charge in [0.1, 0.15) is 34.9 Å². The summed E-state index contributed by atoms with van der Waals surface area (Å²) in [5.41, 5.74) is 8.15. The number of hydrogen-bond acceptors (Lipinski definition) is 3. The summed E-state index contributed by atoms with van der Waals surface area (Å²) in [4.78, 5) is 15.2. The number of halogens is 3. The maximum atomic E-state index is 14.9. The fourth-order valence-electron chi connectivity index (χ4n) is 7.26. The fraction of sp³-hybridized carbons (Fsp3) is 0. The number of nitrogens with zero attached hydrogens (tertiary/aromatic N) is 6. The van der Waals surface area contributed by atoms with Crippen molar-refractivity contribution in [3.05, 3.63) is 181 Å². The molecular formula is C45H27F3N6. The molecule has 3 aromatic heterocycles. The van der Waals surface area contributed by atoms with Crippen LogP contribution in [-0.4, -0.2) is 28.7 Å². The normalized spacial score (nSPS) is 11.6. The van der Waals surface area contributed by atoms with Gasteiger partial charge in [-0.25, -0.2) is 28.1 Å². The predicted octanol–water partition coefficient (Wildman–Crippen LogP) is 11.1. The van der Waals surface area contributed by atoms with Gasteiger partial charge in [0.25, 0.3) is 0 Å². The predicted molar refractivity (Wildman–Crippen MR) is 207 cm³/mol. The second-order valence-electron chi connectivity index (χ2n) is 13.0. The molecule has 10 rings (SSSR count). The van der Waals surface area contributed by atoms with E-state index < -0.39 is 5.82 Å². The Morgan fingerprint density at radius 2 is 0.667 bits per heavy atom. The summed E-state index contributed by atoms with van der Waals surface area (Å²) < 4.78 is 50.3. The molecule has 10 aromatic rings. The van der Waals surface area contributed by atoms with Crippen LogP contribution in [0.5, 0.6) is 0 Å². The van der Waals surface area contributed by atoms with Gasteiger partial charge in [0.05, 0.1) is 33.1 Å². The van der Waals surface area contributed by atoms with Crippen molar-refractivity contribution < 1.29 is 13.2 Å². The molecule has 0 spiro atoms. The molecule has 0 radical (unpaired) electrons. The number of hydrogen-bond donors (Lipinski definition) is 0. The third-order valence-corrected chi connectivity index (χ3v) is 9.60. The second kappa shape index (κ2) is 12.5. The summed E-state index contributed by atoms with van der Waals surface area (Å²) in [6.07, 6.45) is 0. The van der Waals surface area contributed by atoms with Crippen molar-refractivity contribution in [3.8, 4) is 51.2 Å². The maximum absolute atomic E-state index is 14.9. The van der Waals surface area contributed by atoms with Crippen molar-refractivity contribution in [2.24, 2.45) is 0 Å². The summed E-state index contributed by atoms with van der Waals surface area (Å²) in [5.74, 6) is 0.528. The lowest BCUT2D eigenvalue weighted by molar-refractivity contribution is 0.628. The molecule has 9 heteroatoms. The first-order valence-corrected chi connectivity index (χ1v) is 17.3. The van der Waals surface area contributed by atoms with Crippen molar-refractivity contribution in [1.82, 2.24) is 28.7 Å². The highest BCUT2D eigenvalue weighted by Crippen LogP contribution is 2.39. The first-order valence-electron chi connectivity index (χ1n) is 17.3. The Hall–Kier alpha value is -7.26. The Balaban J connectivity index is 1.32. The van der Waals surface area contributed by atoms with E-state index in [1.165, 1.54) is 36.4 Å². The van der Waals surface area contributed by atoms with E-state index in [2.05, 4.69) is 0 Å². The molecule has 0 N–H and O–H groups in total. The average molecular weight is 709 g/mol. The van der Waals surface area contributed by atoms with E-state index >= 15 is 0 Å². The lowest BCUT2D eigenvalue weighted by Crippen LogP contribution is -2.02. The van der Waals surface area contributed by atoms with E-state index in [0.717, 1.165) is 22.6 Å². The molecule has 0 saturated carbocycles. The minimum absolute atomic E-state index is 0.381. The smallest absolute Gasteiger partial charge is 0.145 e. The second-order valence-corrected chi connectivity index (χ2v) is 13.0. The Labute approximate surface area is 306 Å². The lowest BCUT2D eigenvalue weighted by Gasteiger charge is -2.15. The van der Waals surface area contributed by atoms with Crippen LogP contribution in [0.25, 0.3) is 84.3 Å². The molecule has 0 saturated heterocycles. The Morgan fingerprint density at radius 1 is 0.315 bits per heavy atom. The quantitative estimate of drug-likeness (QED) is 0.173. The minimum Gasteiger partial charge on any atom is -0.292 e. The van der Waals surface area contributed by atoms with Crippen LogP contribution < -0.4 is 0 Å². The van der Waals surface area contributed by atoms with Crippen LogP contribution in [0.3, 0.4) is 0 Å². The Bertz CT molecular complexity index is 2850. The first kappa shape index (κ1) is 31.5.